The van der Waals surface area contributed by atoms with Crippen LogP contribution in [0.2, 0.25) is 0 Å². The predicted octanol–water partition coefficient (Wildman–Crippen LogP) is 2.23. The van der Waals surface area contributed by atoms with Crippen molar-refractivity contribution in [3.63, 3.8) is 0 Å². The average molecular weight is 526 g/mol. The third-order valence-electron chi connectivity index (χ3n) is 5.06. The van der Waals surface area contributed by atoms with Crippen molar-refractivity contribution >= 4 is 34.3 Å². The molecule has 0 atom stereocenters. The number of anilines is 2. The summed E-state index contributed by atoms with van der Waals surface area (Å²) >= 11 is 0. The number of rotatable bonds is 13. The molecular formula is C23H23FN8O6. The highest BCUT2D eigenvalue weighted by molar-refractivity contribution is 5.93. The summed E-state index contributed by atoms with van der Waals surface area (Å²) in [6.07, 6.45) is 2.50. The van der Waals surface area contributed by atoms with E-state index in [-0.39, 0.29) is 38.7 Å². The van der Waals surface area contributed by atoms with Gasteiger partial charge in [0.25, 0.3) is 0 Å². The molecule has 1 amide bonds. The van der Waals surface area contributed by atoms with Gasteiger partial charge in [0.1, 0.15) is 31.1 Å². The molecule has 0 unspecified atom stereocenters. The van der Waals surface area contributed by atoms with Gasteiger partial charge >= 0.3 is 5.95 Å². The predicted molar refractivity (Wildman–Crippen MR) is 132 cm³/mol. The van der Waals surface area contributed by atoms with Crippen LogP contribution in [0.15, 0.2) is 49.1 Å². The second-order valence-electron chi connectivity index (χ2n) is 7.69. The number of halogens is 1. The summed E-state index contributed by atoms with van der Waals surface area (Å²) in [7, 11) is 1.51. The minimum atomic E-state index is -0.741. The molecule has 4 rings (SSSR count). The lowest BCUT2D eigenvalue weighted by molar-refractivity contribution is -0.394. The van der Waals surface area contributed by atoms with Crippen LogP contribution in [0.1, 0.15) is 0 Å². The lowest BCUT2D eigenvalue weighted by atomic mass is 10.2. The van der Waals surface area contributed by atoms with Crippen LogP contribution in [0.25, 0.3) is 10.9 Å². The molecule has 0 aliphatic carbocycles. The number of hydrogen-bond acceptors (Lipinski definition) is 11. The van der Waals surface area contributed by atoms with Gasteiger partial charge in [-0.2, -0.15) is 4.68 Å². The molecule has 2 N–H and O–H groups in total. The van der Waals surface area contributed by atoms with Gasteiger partial charge in [-0.25, -0.2) is 14.4 Å². The molecule has 0 radical (unpaired) electrons. The smallest absolute Gasteiger partial charge is 0.490 e. The lowest BCUT2D eigenvalue weighted by Gasteiger charge is -2.14. The van der Waals surface area contributed by atoms with Crippen LogP contribution >= 0.6 is 0 Å². The Bertz CT molecular complexity index is 1430. The quantitative estimate of drug-likeness (QED) is 0.149. The minimum absolute atomic E-state index is 0.200. The van der Waals surface area contributed by atoms with Crippen molar-refractivity contribution in [2.24, 2.45) is 0 Å². The molecule has 0 aliphatic heterocycles. The van der Waals surface area contributed by atoms with Crippen molar-refractivity contribution in [1.82, 2.24) is 30.0 Å². The Hall–Kier alpha value is -4.92. The number of carbonyl (C=O) groups is 1. The molecular weight excluding hydrogens is 503 g/mol. The first-order chi connectivity index (χ1) is 18.4. The number of methoxy groups -OCH3 is 1. The summed E-state index contributed by atoms with van der Waals surface area (Å²) in [6, 6.07) is 9.47. The SMILES string of the molecule is COc1cc2c(Nc3cccc(F)c3)ncnc2cc1OCCOCCNC(=O)Cn1cnc([N+](=O)[O-])n1. The number of amides is 1. The zero-order chi connectivity index (χ0) is 26.9. The minimum Gasteiger partial charge on any atom is -0.493 e. The Morgan fingerprint density at radius 1 is 1.13 bits per heavy atom. The number of fused-ring (bicyclic) bond motifs is 1. The highest BCUT2D eigenvalue weighted by atomic mass is 19.1. The molecule has 0 fully saturated rings. The van der Waals surface area contributed by atoms with E-state index < -0.39 is 16.8 Å². The molecule has 0 aliphatic rings. The molecule has 0 bridgehead atoms. The molecule has 15 heteroatoms. The normalized spacial score (nSPS) is 10.8. The van der Waals surface area contributed by atoms with Gasteiger partial charge in [0.05, 0.1) is 25.8 Å². The summed E-state index contributed by atoms with van der Waals surface area (Å²) < 4.78 is 31.4. The largest absolute Gasteiger partial charge is 0.493 e. The van der Waals surface area contributed by atoms with E-state index in [0.29, 0.717) is 33.9 Å². The number of aromatic nitrogens is 5. The van der Waals surface area contributed by atoms with Crippen LogP contribution in [-0.2, 0) is 16.1 Å². The maximum atomic E-state index is 13.5. The van der Waals surface area contributed by atoms with E-state index in [1.165, 1.54) is 25.6 Å². The van der Waals surface area contributed by atoms with Crippen LogP contribution in [0.4, 0.5) is 21.8 Å². The van der Waals surface area contributed by atoms with Crippen molar-refractivity contribution in [1.29, 1.82) is 0 Å². The van der Waals surface area contributed by atoms with Crippen LogP contribution in [0.5, 0.6) is 11.5 Å². The molecule has 198 valence electrons. The molecule has 4 aromatic rings. The fourth-order valence-electron chi connectivity index (χ4n) is 3.36. The fraction of sp³-hybridized carbons (Fsp3) is 0.261. The standard InChI is InChI=1S/C23H23FN8O6/c1-36-19-10-17-18(26-13-27-22(17)29-16-4-2-3-15(24)9-16)11-20(19)38-8-7-37-6-5-25-21(33)12-31-14-28-23(30-31)32(34)35/h2-4,9-11,13-14H,5-8,12H2,1H3,(H,25,33)(H,26,27,29). The molecule has 2 heterocycles. The molecule has 0 saturated heterocycles. The summed E-state index contributed by atoms with van der Waals surface area (Å²) in [5, 5.41) is 20.5. The third kappa shape index (κ3) is 6.85. The van der Waals surface area contributed by atoms with Crippen LogP contribution in [0.3, 0.4) is 0 Å². The number of hydrogen-bond donors (Lipinski definition) is 2. The molecule has 2 aromatic carbocycles. The van der Waals surface area contributed by atoms with Crippen LogP contribution in [0, 0.1) is 15.9 Å². The average Bonchev–Trinajstić information content (AvgIpc) is 3.36. The van der Waals surface area contributed by atoms with Gasteiger partial charge in [-0.3, -0.25) is 4.79 Å². The van der Waals surface area contributed by atoms with Crippen molar-refractivity contribution < 1.29 is 28.3 Å². The van der Waals surface area contributed by atoms with Crippen molar-refractivity contribution in [3.05, 3.63) is 65.0 Å². The first kappa shape index (κ1) is 26.2. The number of benzene rings is 2. The molecule has 0 saturated carbocycles. The second-order valence-corrected chi connectivity index (χ2v) is 7.69. The van der Waals surface area contributed by atoms with Gasteiger partial charge in [-0.15, -0.1) is 0 Å². The number of nitrogens with one attached hydrogen (secondary N) is 2. The first-order valence-electron chi connectivity index (χ1n) is 11.3. The Labute approximate surface area is 214 Å². The van der Waals surface area contributed by atoms with Gasteiger partial charge in [-0.1, -0.05) is 11.1 Å². The van der Waals surface area contributed by atoms with Crippen molar-refractivity contribution in [2.45, 2.75) is 6.54 Å². The van der Waals surface area contributed by atoms with E-state index in [9.17, 15) is 19.3 Å². The maximum absolute atomic E-state index is 13.5. The van der Waals surface area contributed by atoms with E-state index in [2.05, 4.69) is 30.7 Å². The van der Waals surface area contributed by atoms with Gasteiger partial charge < -0.3 is 35.0 Å². The third-order valence-corrected chi connectivity index (χ3v) is 5.06. The van der Waals surface area contributed by atoms with Crippen molar-refractivity contribution in [2.75, 3.05) is 38.8 Å². The highest BCUT2D eigenvalue weighted by Crippen LogP contribution is 2.34. The maximum Gasteiger partial charge on any atom is 0.490 e. The zero-order valence-electron chi connectivity index (χ0n) is 20.2. The van der Waals surface area contributed by atoms with Gasteiger partial charge in [0, 0.05) is 28.8 Å². The Morgan fingerprint density at radius 3 is 2.76 bits per heavy atom. The van der Waals surface area contributed by atoms with E-state index >= 15 is 0 Å². The summed E-state index contributed by atoms with van der Waals surface area (Å²) in [6.45, 7) is 0.700. The van der Waals surface area contributed by atoms with Gasteiger partial charge in [0.2, 0.25) is 12.2 Å². The Morgan fingerprint density at radius 2 is 2.00 bits per heavy atom. The zero-order valence-corrected chi connectivity index (χ0v) is 20.2. The van der Waals surface area contributed by atoms with Crippen molar-refractivity contribution in [3.8, 4) is 11.5 Å². The second kappa shape index (κ2) is 12.4. The van der Waals surface area contributed by atoms with E-state index in [1.807, 2.05) is 0 Å². The molecule has 2 aromatic heterocycles. The van der Waals surface area contributed by atoms with E-state index in [4.69, 9.17) is 14.2 Å². The number of ether oxygens (including phenoxy) is 3. The Kier molecular flexibility index (Phi) is 8.50. The van der Waals surface area contributed by atoms with Crippen LogP contribution < -0.4 is 20.1 Å². The topological polar surface area (TPSA) is 168 Å². The summed E-state index contributed by atoms with van der Waals surface area (Å²) in [5.74, 6) is 0.0602. The fourth-order valence-corrected chi connectivity index (χ4v) is 3.36. The monoisotopic (exact) mass is 526 g/mol. The molecule has 0 spiro atoms. The van der Waals surface area contributed by atoms with E-state index in [0.717, 1.165) is 11.0 Å². The first-order valence-corrected chi connectivity index (χ1v) is 11.3. The van der Waals surface area contributed by atoms with E-state index in [1.54, 1.807) is 24.3 Å². The summed E-state index contributed by atoms with van der Waals surface area (Å²) in [5.41, 5.74) is 1.14. The number of nitro groups is 1. The van der Waals surface area contributed by atoms with Gasteiger partial charge in [0.15, 0.2) is 11.5 Å². The highest BCUT2D eigenvalue weighted by Gasteiger charge is 2.15. The van der Waals surface area contributed by atoms with Crippen LogP contribution in [-0.4, -0.2) is 69.0 Å². The molecule has 14 nitrogen and oxygen atoms in total. The Balaban J connectivity index is 1.24. The molecule has 38 heavy (non-hydrogen) atoms. The van der Waals surface area contributed by atoms with Gasteiger partial charge in [-0.05, 0) is 29.2 Å². The lowest BCUT2D eigenvalue weighted by Crippen LogP contribution is -2.31. The number of carbonyl (C=O) groups excluding carboxylic acids is 1. The number of nitrogens with zero attached hydrogens (tertiary/aromatic N) is 6. The summed E-state index contributed by atoms with van der Waals surface area (Å²) in [4.78, 5) is 33.8.